The van der Waals surface area contributed by atoms with Crippen LogP contribution in [0, 0.1) is 6.92 Å². The van der Waals surface area contributed by atoms with Crippen LogP contribution in [0.5, 0.6) is 0 Å². The molecule has 94 valence electrons. The van der Waals surface area contributed by atoms with E-state index in [1.165, 1.54) is 11.1 Å². The van der Waals surface area contributed by atoms with Gasteiger partial charge in [0.1, 0.15) is 0 Å². The molecule has 2 N–H and O–H groups in total. The van der Waals surface area contributed by atoms with E-state index in [1.54, 1.807) is 0 Å². The smallest absolute Gasteiger partial charge is 0.170 e. The Bertz CT molecular complexity index is 380. The summed E-state index contributed by atoms with van der Waals surface area (Å²) < 4.78 is 11.7. The van der Waals surface area contributed by atoms with Gasteiger partial charge < -0.3 is 15.2 Å². The maximum Gasteiger partial charge on any atom is 0.170 e. The lowest BCUT2D eigenvalue weighted by molar-refractivity contribution is -0.152. The van der Waals surface area contributed by atoms with Gasteiger partial charge in [-0.15, -0.1) is 0 Å². The molecule has 0 aromatic heterocycles. The molecule has 1 aromatic rings. The van der Waals surface area contributed by atoms with E-state index in [4.69, 9.17) is 15.2 Å². The van der Waals surface area contributed by atoms with Crippen LogP contribution in [0.2, 0.25) is 0 Å². The number of ether oxygens (including phenoxy) is 2. The van der Waals surface area contributed by atoms with Crippen LogP contribution in [0.15, 0.2) is 24.3 Å². The molecule has 0 aliphatic carbocycles. The number of hydrogen-bond acceptors (Lipinski definition) is 3. The topological polar surface area (TPSA) is 44.5 Å². The molecule has 0 saturated carbocycles. The highest BCUT2D eigenvalue weighted by Crippen LogP contribution is 2.29. The zero-order valence-corrected chi connectivity index (χ0v) is 10.6. The second-order valence-corrected chi connectivity index (χ2v) is 4.87. The lowest BCUT2D eigenvalue weighted by Crippen LogP contribution is -2.30. The van der Waals surface area contributed by atoms with Gasteiger partial charge in [-0.2, -0.15) is 0 Å². The van der Waals surface area contributed by atoms with Crippen LogP contribution in [0.4, 0.5) is 0 Å². The van der Waals surface area contributed by atoms with Gasteiger partial charge in [-0.05, 0) is 37.9 Å². The van der Waals surface area contributed by atoms with Crippen molar-refractivity contribution >= 4 is 0 Å². The Hall–Kier alpha value is -0.900. The third-order valence-electron chi connectivity index (χ3n) is 3.25. The number of aryl methyl sites for hydroxylation is 1. The first kappa shape index (κ1) is 12.6. The van der Waals surface area contributed by atoms with Gasteiger partial charge in [-0.25, -0.2) is 0 Å². The van der Waals surface area contributed by atoms with Crippen LogP contribution in [0.3, 0.4) is 0 Å². The van der Waals surface area contributed by atoms with Gasteiger partial charge in [-0.1, -0.05) is 24.3 Å². The van der Waals surface area contributed by atoms with Gasteiger partial charge in [0.05, 0.1) is 12.7 Å². The van der Waals surface area contributed by atoms with E-state index < -0.39 is 5.79 Å². The monoisotopic (exact) mass is 235 g/mol. The molecule has 2 unspecified atom stereocenters. The fourth-order valence-electron chi connectivity index (χ4n) is 2.27. The predicted octanol–water partition coefficient (Wildman–Crippen LogP) is 2.02. The van der Waals surface area contributed by atoms with E-state index in [0.717, 1.165) is 12.8 Å². The molecule has 1 aromatic carbocycles. The Morgan fingerprint density at radius 2 is 2.18 bits per heavy atom. The van der Waals surface area contributed by atoms with Crippen molar-refractivity contribution in [3.63, 3.8) is 0 Å². The fourth-order valence-corrected chi connectivity index (χ4v) is 2.27. The van der Waals surface area contributed by atoms with E-state index in [0.29, 0.717) is 13.2 Å². The molecule has 3 heteroatoms. The van der Waals surface area contributed by atoms with Gasteiger partial charge >= 0.3 is 0 Å². The summed E-state index contributed by atoms with van der Waals surface area (Å²) in [5.74, 6) is -0.494. The van der Waals surface area contributed by atoms with Crippen LogP contribution in [0.25, 0.3) is 0 Å². The summed E-state index contributed by atoms with van der Waals surface area (Å²) in [5.41, 5.74) is 8.10. The van der Waals surface area contributed by atoms with Crippen molar-refractivity contribution < 1.29 is 9.47 Å². The lowest BCUT2D eigenvalue weighted by atomic mass is 10.0. The molecule has 0 radical (unpaired) electrons. The minimum Gasteiger partial charge on any atom is -0.347 e. The summed E-state index contributed by atoms with van der Waals surface area (Å²) in [4.78, 5) is 0. The molecule has 2 atom stereocenters. The average Bonchev–Trinajstić information content (AvgIpc) is 2.64. The van der Waals surface area contributed by atoms with Gasteiger partial charge in [0.15, 0.2) is 5.79 Å². The molecule has 1 aliphatic heterocycles. The lowest BCUT2D eigenvalue weighted by Gasteiger charge is -2.24. The molecular weight excluding hydrogens is 214 g/mol. The molecule has 1 fully saturated rings. The second kappa shape index (κ2) is 5.17. The quantitative estimate of drug-likeness (QED) is 0.868. The highest BCUT2D eigenvalue weighted by atomic mass is 16.7. The molecule has 1 heterocycles. The van der Waals surface area contributed by atoms with Gasteiger partial charge in [-0.3, -0.25) is 0 Å². The van der Waals surface area contributed by atoms with E-state index in [1.807, 2.05) is 6.92 Å². The van der Waals surface area contributed by atoms with Crippen LogP contribution in [-0.4, -0.2) is 25.0 Å². The number of benzene rings is 1. The summed E-state index contributed by atoms with van der Waals surface area (Å²) >= 11 is 0. The fraction of sp³-hybridized carbons (Fsp3) is 0.571. The molecule has 2 rings (SSSR count). The molecule has 3 nitrogen and oxygen atoms in total. The summed E-state index contributed by atoms with van der Waals surface area (Å²) in [6.07, 6.45) is 1.80. The van der Waals surface area contributed by atoms with Crippen molar-refractivity contribution in [2.75, 3.05) is 13.2 Å². The van der Waals surface area contributed by atoms with Crippen molar-refractivity contribution in [1.82, 2.24) is 0 Å². The molecule has 1 aliphatic rings. The Morgan fingerprint density at radius 3 is 2.88 bits per heavy atom. The molecule has 17 heavy (non-hydrogen) atoms. The van der Waals surface area contributed by atoms with E-state index in [9.17, 15) is 0 Å². The molecule has 0 bridgehead atoms. The van der Waals surface area contributed by atoms with Crippen molar-refractivity contribution in [2.24, 2.45) is 5.73 Å². The Balaban J connectivity index is 2.02. The van der Waals surface area contributed by atoms with Crippen LogP contribution >= 0.6 is 0 Å². The number of nitrogens with two attached hydrogens (primary N) is 1. The van der Waals surface area contributed by atoms with Gasteiger partial charge in [0.25, 0.3) is 0 Å². The van der Waals surface area contributed by atoms with Crippen molar-refractivity contribution in [3.05, 3.63) is 35.4 Å². The van der Waals surface area contributed by atoms with Crippen molar-refractivity contribution in [2.45, 2.75) is 38.6 Å². The highest BCUT2D eigenvalue weighted by molar-refractivity contribution is 5.26. The van der Waals surface area contributed by atoms with Gasteiger partial charge in [0, 0.05) is 6.42 Å². The largest absolute Gasteiger partial charge is 0.347 e. The van der Waals surface area contributed by atoms with Gasteiger partial charge in [0.2, 0.25) is 0 Å². The minimum atomic E-state index is -0.494. The van der Waals surface area contributed by atoms with Crippen molar-refractivity contribution in [1.29, 1.82) is 0 Å². The highest BCUT2D eigenvalue weighted by Gasteiger charge is 2.36. The predicted molar refractivity (Wildman–Crippen MR) is 67.8 cm³/mol. The molecule has 1 saturated heterocycles. The van der Waals surface area contributed by atoms with E-state index in [2.05, 4.69) is 31.2 Å². The molecule has 0 amide bonds. The van der Waals surface area contributed by atoms with E-state index >= 15 is 0 Å². The van der Waals surface area contributed by atoms with Crippen LogP contribution in [0.1, 0.15) is 24.5 Å². The number of hydrogen-bond donors (Lipinski definition) is 1. The summed E-state index contributed by atoms with van der Waals surface area (Å²) in [6.45, 7) is 5.43. The van der Waals surface area contributed by atoms with E-state index in [-0.39, 0.29) is 6.10 Å². The average molecular weight is 235 g/mol. The Morgan fingerprint density at radius 1 is 1.41 bits per heavy atom. The van der Waals surface area contributed by atoms with Crippen LogP contribution < -0.4 is 5.73 Å². The standard InChI is InChI=1S/C14H21NO2/c1-11-5-3-4-6-12(11)9-14(2)16-10-13(17-14)7-8-15/h3-6,13H,7-10,15H2,1-2H3. The third kappa shape index (κ3) is 3.06. The second-order valence-electron chi connectivity index (χ2n) is 4.87. The molecule has 0 spiro atoms. The SMILES string of the molecule is Cc1ccccc1CC1(C)OCC(CCN)O1. The third-order valence-corrected chi connectivity index (χ3v) is 3.25. The first-order valence-electron chi connectivity index (χ1n) is 6.19. The summed E-state index contributed by atoms with van der Waals surface area (Å²) in [5, 5.41) is 0. The Kier molecular flexibility index (Phi) is 3.82. The summed E-state index contributed by atoms with van der Waals surface area (Å²) in [6, 6.07) is 8.35. The minimum absolute atomic E-state index is 0.147. The van der Waals surface area contributed by atoms with Crippen LogP contribution in [-0.2, 0) is 15.9 Å². The zero-order chi connectivity index (χ0) is 12.3. The first-order chi connectivity index (χ1) is 8.13. The normalized spacial score (nSPS) is 28.5. The summed E-state index contributed by atoms with van der Waals surface area (Å²) in [7, 11) is 0. The zero-order valence-electron chi connectivity index (χ0n) is 10.6. The first-order valence-corrected chi connectivity index (χ1v) is 6.19. The maximum absolute atomic E-state index is 5.95. The Labute approximate surface area is 103 Å². The van der Waals surface area contributed by atoms with Crippen molar-refractivity contribution in [3.8, 4) is 0 Å². The maximum atomic E-state index is 5.95. The molecular formula is C14H21NO2. The number of rotatable bonds is 4.